The Kier molecular flexibility index (Phi) is 5.09. The molecule has 120 valence electrons. The maximum atomic E-state index is 14.3. The van der Waals surface area contributed by atoms with Crippen LogP contribution >= 0.6 is 0 Å². The fourth-order valence-corrected chi connectivity index (χ4v) is 3.34. The number of fused-ring (bicyclic) bond motifs is 2. The number of hydrogen-bond acceptors (Lipinski definition) is 6. The molecular weight excluding hydrogens is 337 g/mol. The first-order valence-corrected chi connectivity index (χ1v) is 7.74. The van der Waals surface area contributed by atoms with Crippen molar-refractivity contribution in [1.29, 1.82) is 0 Å². The Morgan fingerprint density at radius 1 is 1.32 bits per heavy atom. The number of ether oxygens (including phenoxy) is 1. The van der Waals surface area contributed by atoms with Crippen molar-refractivity contribution in [3.63, 3.8) is 0 Å². The van der Waals surface area contributed by atoms with E-state index in [0.29, 0.717) is 5.06 Å². The Hall–Kier alpha value is -0.0400. The van der Waals surface area contributed by atoms with Gasteiger partial charge in [-0.05, 0) is 12.8 Å². The first kappa shape index (κ1) is 18.3. The van der Waals surface area contributed by atoms with Gasteiger partial charge in [-0.15, -0.1) is 0 Å². The van der Waals surface area contributed by atoms with Gasteiger partial charge in [-0.3, -0.25) is 0 Å². The first-order valence-electron chi connectivity index (χ1n) is 6.41. The molecule has 8 nitrogen and oxygen atoms in total. The van der Waals surface area contributed by atoms with E-state index < -0.39 is 40.4 Å². The summed E-state index contributed by atoms with van der Waals surface area (Å²) in [6.45, 7) is -0.212. The molecule has 0 unspecified atom stereocenters. The predicted octanol–water partition coefficient (Wildman–Crippen LogP) is -3.07. The molecule has 3 heterocycles. The Labute approximate surface area is 147 Å². The van der Waals surface area contributed by atoms with Crippen molar-refractivity contribution in [3.8, 4) is 0 Å². The third kappa shape index (κ3) is 3.12. The van der Waals surface area contributed by atoms with Crippen LogP contribution in [-0.2, 0) is 19.4 Å². The Morgan fingerprint density at radius 2 is 1.95 bits per heavy atom. The third-order valence-corrected chi connectivity index (χ3v) is 4.46. The van der Waals surface area contributed by atoms with Crippen LogP contribution in [0.4, 0.5) is 13.6 Å². The van der Waals surface area contributed by atoms with Crippen LogP contribution in [0.1, 0.15) is 12.8 Å². The summed E-state index contributed by atoms with van der Waals surface area (Å²) in [7, 11) is -5.12. The van der Waals surface area contributed by atoms with Gasteiger partial charge < -0.3 is 14.2 Å². The maximum Gasteiger partial charge on any atom is 1.00 e. The molecular formula is C10H13F2N2NaO6S. The van der Waals surface area contributed by atoms with Gasteiger partial charge in [0.2, 0.25) is 10.4 Å². The van der Waals surface area contributed by atoms with Crippen LogP contribution in [0.15, 0.2) is 0 Å². The average Bonchev–Trinajstić information content (AvgIpc) is 2.49. The summed E-state index contributed by atoms with van der Waals surface area (Å²) >= 11 is 0. The summed E-state index contributed by atoms with van der Waals surface area (Å²) in [6, 6.07) is -3.05. The second-order valence-electron chi connectivity index (χ2n) is 5.40. The molecule has 12 heteroatoms. The van der Waals surface area contributed by atoms with E-state index in [4.69, 9.17) is 4.74 Å². The fraction of sp³-hybridized carbons (Fsp3) is 0.900. The minimum atomic E-state index is -5.12. The van der Waals surface area contributed by atoms with Gasteiger partial charge in [-0.1, -0.05) is 0 Å². The van der Waals surface area contributed by atoms with Crippen LogP contribution in [0.5, 0.6) is 0 Å². The summed E-state index contributed by atoms with van der Waals surface area (Å²) in [5.74, 6) is -4.07. The zero-order valence-corrected chi connectivity index (χ0v) is 14.6. The van der Waals surface area contributed by atoms with Crippen molar-refractivity contribution in [1.82, 2.24) is 9.96 Å². The van der Waals surface area contributed by atoms with Crippen molar-refractivity contribution in [3.05, 3.63) is 0 Å². The third-order valence-electron chi connectivity index (χ3n) is 4.12. The van der Waals surface area contributed by atoms with E-state index in [0.717, 1.165) is 4.90 Å². The zero-order valence-electron chi connectivity index (χ0n) is 11.8. The van der Waals surface area contributed by atoms with Gasteiger partial charge in [0, 0.05) is 6.54 Å². The van der Waals surface area contributed by atoms with E-state index in [1.165, 1.54) is 0 Å². The van der Waals surface area contributed by atoms with Crippen LogP contribution in [0.3, 0.4) is 0 Å². The quantitative estimate of drug-likeness (QED) is 0.303. The van der Waals surface area contributed by atoms with Crippen LogP contribution in [0.2, 0.25) is 0 Å². The molecule has 3 fully saturated rings. The molecule has 3 aliphatic heterocycles. The van der Waals surface area contributed by atoms with E-state index in [2.05, 4.69) is 4.28 Å². The van der Waals surface area contributed by atoms with Crippen molar-refractivity contribution >= 4 is 16.4 Å². The van der Waals surface area contributed by atoms with Crippen LogP contribution in [0, 0.1) is 5.92 Å². The summed E-state index contributed by atoms with van der Waals surface area (Å²) in [6.07, 6.45) is 0.157. The molecule has 0 aromatic heterocycles. The Bertz CT molecular complexity index is 558. The van der Waals surface area contributed by atoms with Gasteiger partial charge in [0.25, 0.3) is 5.92 Å². The normalized spacial score (nSPS) is 29.3. The SMILES string of the molecule is O=C1N2C[C@@H](CC[C@H]2C(F)(F)C2COC2)N1OS(=O)(=O)[O-].[Na+]. The number of carbonyl (C=O) groups excluding carboxylic acids is 1. The largest absolute Gasteiger partial charge is 1.00 e. The molecule has 0 aromatic carbocycles. The smallest absolute Gasteiger partial charge is 0.724 e. The molecule has 2 atom stereocenters. The zero-order chi connectivity index (χ0) is 15.4. The van der Waals surface area contributed by atoms with Crippen molar-refractivity contribution in [2.24, 2.45) is 5.92 Å². The van der Waals surface area contributed by atoms with Gasteiger partial charge in [0.15, 0.2) is 0 Å². The van der Waals surface area contributed by atoms with E-state index >= 15 is 0 Å². The molecule has 3 saturated heterocycles. The summed E-state index contributed by atoms with van der Waals surface area (Å²) in [5, 5.41) is 0.398. The molecule has 3 aliphatic rings. The van der Waals surface area contributed by atoms with Gasteiger partial charge in [-0.25, -0.2) is 22.0 Å². The molecule has 0 aromatic rings. The van der Waals surface area contributed by atoms with Gasteiger partial charge in [0.1, 0.15) is 0 Å². The summed E-state index contributed by atoms with van der Waals surface area (Å²) in [4.78, 5) is 12.9. The molecule has 0 N–H and O–H groups in total. The van der Waals surface area contributed by atoms with Crippen LogP contribution in [-0.4, -0.2) is 66.7 Å². The predicted molar refractivity (Wildman–Crippen MR) is 60.8 cm³/mol. The standard InChI is InChI=1S/C10H14F2N2O6S.Na/c11-10(12,6-4-19-5-6)8-2-1-7-3-13(8)9(15)14(7)20-21(16,17)18;/h6-8H,1-5H2,(H,16,17,18);/q;+1/p-1/t7-,8+;/m1./s1. The number of rotatable bonds is 4. The molecule has 0 saturated carbocycles. The first-order chi connectivity index (χ1) is 9.70. The number of piperidine rings is 1. The van der Waals surface area contributed by atoms with Crippen molar-refractivity contribution in [2.45, 2.75) is 30.8 Å². The van der Waals surface area contributed by atoms with E-state index in [-0.39, 0.29) is 62.2 Å². The number of urea groups is 1. The van der Waals surface area contributed by atoms with E-state index in [1.807, 2.05) is 0 Å². The Morgan fingerprint density at radius 3 is 2.45 bits per heavy atom. The number of hydrogen-bond donors (Lipinski definition) is 0. The number of carbonyl (C=O) groups is 1. The molecule has 0 aliphatic carbocycles. The van der Waals surface area contributed by atoms with Crippen LogP contribution < -0.4 is 29.6 Å². The summed E-state index contributed by atoms with van der Waals surface area (Å²) in [5.41, 5.74) is 0. The number of hydroxylamine groups is 2. The topological polar surface area (TPSA) is 99.2 Å². The maximum absolute atomic E-state index is 14.3. The Balaban J connectivity index is 0.00000176. The monoisotopic (exact) mass is 350 g/mol. The number of amides is 2. The number of nitrogens with zero attached hydrogens (tertiary/aromatic N) is 2. The number of alkyl halides is 2. The van der Waals surface area contributed by atoms with E-state index in [1.54, 1.807) is 0 Å². The second kappa shape index (κ2) is 6.11. The molecule has 0 spiro atoms. The molecule has 0 radical (unpaired) electrons. The van der Waals surface area contributed by atoms with Crippen molar-refractivity contribution in [2.75, 3.05) is 19.8 Å². The van der Waals surface area contributed by atoms with E-state index in [9.17, 15) is 26.5 Å². The molecule has 3 rings (SSSR count). The fourth-order valence-electron chi connectivity index (χ4n) is 2.96. The van der Waals surface area contributed by atoms with Crippen LogP contribution in [0.25, 0.3) is 0 Å². The second-order valence-corrected chi connectivity index (χ2v) is 6.36. The summed E-state index contributed by atoms with van der Waals surface area (Å²) < 4.78 is 69.3. The van der Waals surface area contributed by atoms with Gasteiger partial charge in [0.05, 0.1) is 31.2 Å². The minimum Gasteiger partial charge on any atom is -0.724 e. The average molecular weight is 350 g/mol. The molecule has 22 heavy (non-hydrogen) atoms. The van der Waals surface area contributed by atoms with Gasteiger partial charge in [-0.2, -0.15) is 9.35 Å². The molecule has 2 bridgehead atoms. The van der Waals surface area contributed by atoms with Gasteiger partial charge >= 0.3 is 35.6 Å². The van der Waals surface area contributed by atoms with Crippen molar-refractivity contribution < 1.29 is 65.1 Å². The minimum absolute atomic E-state index is 0. The number of halogens is 2. The molecule has 2 amide bonds.